The Morgan fingerprint density at radius 2 is 1.80 bits per heavy atom. The Morgan fingerprint density at radius 3 is 2.30 bits per heavy atom. The number of sulfonamides is 1. The molecule has 0 unspecified atom stereocenters. The van der Waals surface area contributed by atoms with Crippen LogP contribution < -0.4 is 0 Å². The molecule has 0 bridgehead atoms. The van der Waals surface area contributed by atoms with E-state index in [4.69, 9.17) is 0 Å². The van der Waals surface area contributed by atoms with Crippen molar-refractivity contribution < 1.29 is 26.7 Å². The second kappa shape index (κ2) is 6.76. The molecule has 0 aliphatic heterocycles. The molecule has 0 saturated carbocycles. The van der Waals surface area contributed by atoms with E-state index in [0.717, 1.165) is 16.4 Å². The van der Waals surface area contributed by atoms with E-state index in [0.29, 0.717) is 6.07 Å². The van der Waals surface area contributed by atoms with Gasteiger partial charge >= 0.3 is 5.97 Å². The Labute approximate surface area is 116 Å². The highest BCUT2D eigenvalue weighted by molar-refractivity contribution is 7.89. The van der Waals surface area contributed by atoms with E-state index in [1.54, 1.807) is 6.92 Å². The number of rotatable bonds is 6. The minimum absolute atomic E-state index is 0.138. The lowest BCUT2D eigenvalue weighted by molar-refractivity contribution is -0.143. The van der Waals surface area contributed by atoms with Crippen LogP contribution in [0.4, 0.5) is 8.78 Å². The Kier molecular flexibility index (Phi) is 5.58. The molecule has 0 N–H and O–H groups in total. The predicted molar refractivity (Wildman–Crippen MR) is 67.4 cm³/mol. The molecule has 0 fully saturated rings. The Morgan fingerprint density at radius 1 is 1.25 bits per heavy atom. The SMILES string of the molecule is CCOC(=O)CCN(C)S(=O)(=O)c1cc(F)cc(F)c1. The lowest BCUT2D eigenvalue weighted by Crippen LogP contribution is -2.29. The zero-order valence-corrected chi connectivity index (χ0v) is 11.9. The standard InChI is InChI=1S/C12H15F2NO4S/c1-3-19-12(16)4-5-15(2)20(17,18)11-7-9(13)6-10(14)8-11/h6-8H,3-5H2,1-2H3. The van der Waals surface area contributed by atoms with Gasteiger partial charge in [-0.05, 0) is 19.1 Å². The molecule has 0 spiro atoms. The summed E-state index contributed by atoms with van der Waals surface area (Å²) in [5, 5.41) is 0. The van der Waals surface area contributed by atoms with Crippen LogP contribution in [0.1, 0.15) is 13.3 Å². The normalized spacial score (nSPS) is 11.7. The predicted octanol–water partition coefficient (Wildman–Crippen LogP) is 1.54. The summed E-state index contributed by atoms with van der Waals surface area (Å²) in [6.45, 7) is 1.69. The van der Waals surface area contributed by atoms with Gasteiger partial charge in [0.1, 0.15) is 11.6 Å². The number of benzene rings is 1. The van der Waals surface area contributed by atoms with Crippen molar-refractivity contribution in [3.63, 3.8) is 0 Å². The highest BCUT2D eigenvalue weighted by Gasteiger charge is 2.23. The molecule has 112 valence electrons. The maximum Gasteiger partial charge on any atom is 0.307 e. The van der Waals surface area contributed by atoms with Crippen LogP contribution in [0.25, 0.3) is 0 Å². The molecule has 0 amide bonds. The van der Waals surface area contributed by atoms with Gasteiger partial charge in [0.2, 0.25) is 10.0 Å². The molecule has 0 aliphatic carbocycles. The van der Waals surface area contributed by atoms with E-state index in [2.05, 4.69) is 4.74 Å². The minimum Gasteiger partial charge on any atom is -0.466 e. The van der Waals surface area contributed by atoms with E-state index >= 15 is 0 Å². The third-order valence-electron chi connectivity index (χ3n) is 2.48. The van der Waals surface area contributed by atoms with E-state index in [-0.39, 0.29) is 19.6 Å². The fourth-order valence-electron chi connectivity index (χ4n) is 1.46. The first-order chi connectivity index (χ1) is 9.27. The summed E-state index contributed by atoms with van der Waals surface area (Å²) in [5.74, 6) is -2.51. The van der Waals surface area contributed by atoms with Crippen LogP contribution >= 0.6 is 0 Å². The zero-order chi connectivity index (χ0) is 15.3. The lowest BCUT2D eigenvalue weighted by atomic mass is 10.3. The lowest BCUT2D eigenvalue weighted by Gasteiger charge is -2.16. The molecular formula is C12H15F2NO4S. The highest BCUT2D eigenvalue weighted by atomic mass is 32.2. The van der Waals surface area contributed by atoms with Gasteiger partial charge < -0.3 is 4.74 Å². The Balaban J connectivity index is 2.84. The molecule has 0 atom stereocenters. The van der Waals surface area contributed by atoms with Crippen molar-refractivity contribution in [2.24, 2.45) is 0 Å². The minimum atomic E-state index is -4.05. The van der Waals surface area contributed by atoms with Gasteiger partial charge in [-0.15, -0.1) is 0 Å². The van der Waals surface area contributed by atoms with E-state index in [1.165, 1.54) is 7.05 Å². The molecular weight excluding hydrogens is 292 g/mol. The number of carbonyl (C=O) groups excluding carboxylic acids is 1. The van der Waals surface area contributed by atoms with E-state index in [1.807, 2.05) is 0 Å². The average Bonchev–Trinajstić information content (AvgIpc) is 2.35. The molecule has 0 aliphatic rings. The van der Waals surface area contributed by atoms with Crippen LogP contribution in [0.15, 0.2) is 23.1 Å². The molecule has 20 heavy (non-hydrogen) atoms. The van der Waals surface area contributed by atoms with Gasteiger partial charge in [-0.2, -0.15) is 0 Å². The summed E-state index contributed by atoms with van der Waals surface area (Å²) in [6, 6.07) is 2.02. The van der Waals surface area contributed by atoms with Crippen molar-refractivity contribution in [1.82, 2.24) is 4.31 Å². The van der Waals surface area contributed by atoms with Gasteiger partial charge in [0.15, 0.2) is 0 Å². The third-order valence-corrected chi connectivity index (χ3v) is 4.32. The van der Waals surface area contributed by atoms with Crippen molar-refractivity contribution in [3.8, 4) is 0 Å². The molecule has 1 aromatic carbocycles. The highest BCUT2D eigenvalue weighted by Crippen LogP contribution is 2.17. The fourth-order valence-corrected chi connectivity index (χ4v) is 2.67. The number of ether oxygens (including phenoxy) is 1. The third kappa shape index (κ3) is 4.24. The van der Waals surface area contributed by atoms with Gasteiger partial charge in [-0.3, -0.25) is 4.79 Å². The van der Waals surface area contributed by atoms with Crippen LogP contribution in [0.3, 0.4) is 0 Å². The number of hydrogen-bond acceptors (Lipinski definition) is 4. The first-order valence-electron chi connectivity index (χ1n) is 5.85. The largest absolute Gasteiger partial charge is 0.466 e. The summed E-state index contributed by atoms with van der Waals surface area (Å²) >= 11 is 0. The van der Waals surface area contributed by atoms with Crippen LogP contribution in [0, 0.1) is 11.6 Å². The summed E-state index contributed by atoms with van der Waals surface area (Å²) < 4.78 is 55.7. The van der Waals surface area contributed by atoms with E-state index < -0.39 is 32.5 Å². The van der Waals surface area contributed by atoms with Gasteiger partial charge in [0, 0.05) is 19.7 Å². The average molecular weight is 307 g/mol. The Bertz CT molecular complexity index is 569. The molecule has 5 nitrogen and oxygen atoms in total. The van der Waals surface area contributed by atoms with Crippen LogP contribution in [0.5, 0.6) is 0 Å². The quantitative estimate of drug-likeness (QED) is 0.748. The summed E-state index contributed by atoms with van der Waals surface area (Å²) in [6.07, 6.45) is -0.138. The summed E-state index contributed by atoms with van der Waals surface area (Å²) in [7, 11) is -2.83. The Hall–Kier alpha value is -1.54. The summed E-state index contributed by atoms with van der Waals surface area (Å²) in [5.41, 5.74) is 0. The van der Waals surface area contributed by atoms with Gasteiger partial charge in [-0.25, -0.2) is 21.5 Å². The van der Waals surface area contributed by atoms with Crippen molar-refractivity contribution >= 4 is 16.0 Å². The van der Waals surface area contributed by atoms with Gasteiger partial charge in [0.25, 0.3) is 0 Å². The molecule has 0 radical (unpaired) electrons. The second-order valence-electron chi connectivity index (χ2n) is 3.99. The van der Waals surface area contributed by atoms with Crippen molar-refractivity contribution in [1.29, 1.82) is 0 Å². The second-order valence-corrected chi connectivity index (χ2v) is 6.03. The van der Waals surface area contributed by atoms with Gasteiger partial charge in [0.05, 0.1) is 17.9 Å². The molecule has 0 heterocycles. The fraction of sp³-hybridized carbons (Fsp3) is 0.417. The number of nitrogens with zero attached hydrogens (tertiary/aromatic N) is 1. The molecule has 0 aromatic heterocycles. The molecule has 0 saturated heterocycles. The first kappa shape index (κ1) is 16.5. The number of hydrogen-bond donors (Lipinski definition) is 0. The van der Waals surface area contributed by atoms with Crippen molar-refractivity contribution in [2.75, 3.05) is 20.2 Å². The molecule has 1 aromatic rings. The summed E-state index contributed by atoms with van der Waals surface area (Å²) in [4.78, 5) is 10.7. The van der Waals surface area contributed by atoms with E-state index in [9.17, 15) is 22.0 Å². The first-order valence-corrected chi connectivity index (χ1v) is 7.29. The zero-order valence-electron chi connectivity index (χ0n) is 11.1. The molecule has 8 heteroatoms. The molecule has 1 rings (SSSR count). The number of esters is 1. The van der Waals surface area contributed by atoms with Gasteiger partial charge in [-0.1, -0.05) is 0 Å². The van der Waals surface area contributed by atoms with Crippen LogP contribution in [-0.2, 0) is 19.6 Å². The maximum atomic E-state index is 13.0. The number of halogens is 2. The van der Waals surface area contributed by atoms with Crippen molar-refractivity contribution in [2.45, 2.75) is 18.2 Å². The topological polar surface area (TPSA) is 63.7 Å². The smallest absolute Gasteiger partial charge is 0.307 e. The maximum absolute atomic E-state index is 13.0. The van der Waals surface area contributed by atoms with Crippen LogP contribution in [-0.4, -0.2) is 38.9 Å². The van der Waals surface area contributed by atoms with Crippen molar-refractivity contribution in [3.05, 3.63) is 29.8 Å². The van der Waals surface area contributed by atoms with Crippen LogP contribution in [0.2, 0.25) is 0 Å². The monoisotopic (exact) mass is 307 g/mol. The number of carbonyl (C=O) groups is 1.